The lowest BCUT2D eigenvalue weighted by atomic mass is 9.95. The van der Waals surface area contributed by atoms with E-state index in [0.717, 1.165) is 5.56 Å². The fourth-order valence-corrected chi connectivity index (χ4v) is 3.71. The summed E-state index contributed by atoms with van der Waals surface area (Å²) in [4.78, 5) is 29.7. The molecule has 1 saturated heterocycles. The molecule has 30 heavy (non-hydrogen) atoms. The van der Waals surface area contributed by atoms with Crippen LogP contribution in [0.5, 0.6) is 0 Å². The second kappa shape index (κ2) is 9.38. The van der Waals surface area contributed by atoms with E-state index < -0.39 is 0 Å². The van der Waals surface area contributed by atoms with Crippen LogP contribution in [0.3, 0.4) is 0 Å². The van der Waals surface area contributed by atoms with Crippen molar-refractivity contribution >= 4 is 17.8 Å². The largest absolute Gasteiger partial charge is 0.383 e. The van der Waals surface area contributed by atoms with E-state index in [2.05, 4.69) is 39.2 Å². The predicted octanol–water partition coefficient (Wildman–Crippen LogP) is 1.67. The van der Waals surface area contributed by atoms with Crippen LogP contribution in [0.1, 0.15) is 43.7 Å². The Hall–Kier alpha value is -2.75. The Kier molecular flexibility index (Phi) is 6.86. The molecule has 1 N–H and O–H groups in total. The van der Waals surface area contributed by atoms with E-state index in [1.54, 1.807) is 7.11 Å². The van der Waals surface area contributed by atoms with Gasteiger partial charge in [-0.05, 0) is 20.8 Å². The number of aryl methyl sites for hydroxylation is 1. The number of hydrogen-bond acceptors (Lipinski definition) is 8. The highest BCUT2D eigenvalue weighted by Gasteiger charge is 2.41. The minimum atomic E-state index is -0.0658. The van der Waals surface area contributed by atoms with Gasteiger partial charge < -0.3 is 19.9 Å². The van der Waals surface area contributed by atoms with Crippen LogP contribution in [0.15, 0.2) is 12.4 Å². The number of amides is 1. The smallest absolute Gasteiger partial charge is 0.229 e. The number of hydrogen-bond donors (Lipinski definition) is 1. The quantitative estimate of drug-likeness (QED) is 0.659. The van der Waals surface area contributed by atoms with Crippen LogP contribution < -0.4 is 10.2 Å². The second-order valence-electron chi connectivity index (χ2n) is 8.12. The van der Waals surface area contributed by atoms with Gasteiger partial charge in [-0.15, -0.1) is 0 Å². The highest BCUT2D eigenvalue weighted by atomic mass is 16.5. The molecule has 0 radical (unpaired) electrons. The molecule has 1 aliphatic heterocycles. The first kappa shape index (κ1) is 21.9. The number of carbonyl (C=O) groups is 1. The van der Waals surface area contributed by atoms with Gasteiger partial charge in [-0.3, -0.25) is 9.48 Å². The number of aromatic nitrogens is 5. The first-order valence-electron chi connectivity index (χ1n) is 10.3. The lowest BCUT2D eigenvalue weighted by molar-refractivity contribution is -0.129. The standard InChI is InChI=1S/C20H32N8O2/c1-13(2)28-12-16(11-22-28)18-15(9-17(29)27(18)7-8-30-6)10-21-19-23-14(3)24-20(25-19)26(4)5/h11-13,15,18H,7-10H2,1-6H3,(H,21,23,24,25)/t15-,18+/m0/s1. The van der Waals surface area contributed by atoms with Gasteiger partial charge in [-0.2, -0.15) is 20.1 Å². The molecule has 0 aliphatic carbocycles. The van der Waals surface area contributed by atoms with E-state index in [0.29, 0.717) is 43.8 Å². The molecule has 0 bridgehead atoms. The third-order valence-corrected chi connectivity index (χ3v) is 5.23. The summed E-state index contributed by atoms with van der Waals surface area (Å²) in [7, 11) is 5.44. The van der Waals surface area contributed by atoms with Crippen molar-refractivity contribution in [2.24, 2.45) is 5.92 Å². The fourth-order valence-electron chi connectivity index (χ4n) is 3.71. The molecule has 164 valence electrons. The molecule has 2 atom stereocenters. The summed E-state index contributed by atoms with van der Waals surface area (Å²) in [5, 5.41) is 7.81. The van der Waals surface area contributed by atoms with Crippen LogP contribution in [-0.2, 0) is 9.53 Å². The summed E-state index contributed by atoms with van der Waals surface area (Å²) in [6, 6.07) is 0.196. The van der Waals surface area contributed by atoms with Crippen molar-refractivity contribution in [2.75, 3.05) is 51.1 Å². The minimum absolute atomic E-state index is 0.0658. The number of nitrogens with one attached hydrogen (secondary N) is 1. The molecule has 1 amide bonds. The maximum atomic E-state index is 12.8. The Morgan fingerprint density at radius 2 is 2.07 bits per heavy atom. The first-order chi connectivity index (χ1) is 14.3. The van der Waals surface area contributed by atoms with Gasteiger partial charge in [-0.1, -0.05) is 0 Å². The number of nitrogens with zero attached hydrogens (tertiary/aromatic N) is 7. The molecule has 1 aliphatic rings. The molecule has 2 aromatic rings. The number of rotatable bonds is 9. The van der Waals surface area contributed by atoms with Crippen molar-refractivity contribution in [1.82, 2.24) is 29.6 Å². The lowest BCUT2D eigenvalue weighted by Crippen LogP contribution is -2.33. The van der Waals surface area contributed by atoms with Gasteiger partial charge in [-0.25, -0.2) is 0 Å². The maximum absolute atomic E-state index is 12.8. The van der Waals surface area contributed by atoms with E-state index in [-0.39, 0.29) is 23.9 Å². The third-order valence-electron chi connectivity index (χ3n) is 5.23. The van der Waals surface area contributed by atoms with Gasteiger partial charge in [0.15, 0.2) is 0 Å². The van der Waals surface area contributed by atoms with E-state index in [1.165, 1.54) is 0 Å². The zero-order valence-corrected chi connectivity index (χ0v) is 18.7. The highest BCUT2D eigenvalue weighted by Crippen LogP contribution is 2.38. The fraction of sp³-hybridized carbons (Fsp3) is 0.650. The number of methoxy groups -OCH3 is 1. The molecule has 0 spiro atoms. The van der Waals surface area contributed by atoms with E-state index in [4.69, 9.17) is 4.74 Å². The molecule has 0 aromatic carbocycles. The molecular weight excluding hydrogens is 384 g/mol. The Morgan fingerprint density at radius 1 is 1.30 bits per heavy atom. The van der Waals surface area contributed by atoms with Crippen molar-refractivity contribution in [3.8, 4) is 0 Å². The molecule has 0 saturated carbocycles. The Labute approximate surface area is 177 Å². The van der Waals surface area contributed by atoms with Crippen molar-refractivity contribution in [3.05, 3.63) is 23.8 Å². The molecule has 3 rings (SSSR count). The summed E-state index contributed by atoms with van der Waals surface area (Å²) in [5.74, 6) is 1.96. The molecular formula is C20H32N8O2. The molecule has 1 fully saturated rings. The van der Waals surface area contributed by atoms with Crippen molar-refractivity contribution in [3.63, 3.8) is 0 Å². The van der Waals surface area contributed by atoms with E-state index in [9.17, 15) is 4.79 Å². The first-order valence-corrected chi connectivity index (χ1v) is 10.3. The van der Waals surface area contributed by atoms with Crippen molar-refractivity contribution < 1.29 is 9.53 Å². The Bertz CT molecular complexity index is 866. The SMILES string of the molecule is COCCN1C(=O)C[C@@H](CNc2nc(C)nc(N(C)C)n2)[C@@H]1c1cnn(C(C)C)c1. The Balaban J connectivity index is 1.81. The topological polar surface area (TPSA) is 101 Å². The van der Waals surface area contributed by atoms with Gasteiger partial charge in [0.25, 0.3) is 0 Å². The molecule has 3 heterocycles. The summed E-state index contributed by atoms with van der Waals surface area (Å²) < 4.78 is 7.16. The second-order valence-corrected chi connectivity index (χ2v) is 8.12. The summed E-state index contributed by atoms with van der Waals surface area (Å²) >= 11 is 0. The molecule has 10 nitrogen and oxygen atoms in total. The number of anilines is 2. The van der Waals surface area contributed by atoms with Gasteiger partial charge >= 0.3 is 0 Å². The van der Waals surface area contributed by atoms with Crippen LogP contribution in [0.4, 0.5) is 11.9 Å². The predicted molar refractivity (Wildman–Crippen MR) is 114 cm³/mol. The number of carbonyl (C=O) groups excluding carboxylic acids is 1. The van der Waals surface area contributed by atoms with E-state index >= 15 is 0 Å². The minimum Gasteiger partial charge on any atom is -0.383 e. The monoisotopic (exact) mass is 416 g/mol. The van der Waals surface area contributed by atoms with Crippen LogP contribution >= 0.6 is 0 Å². The lowest BCUT2D eigenvalue weighted by Gasteiger charge is -2.27. The number of likely N-dealkylation sites (tertiary alicyclic amines) is 1. The average Bonchev–Trinajstić information content (AvgIpc) is 3.28. The third kappa shape index (κ3) is 4.86. The van der Waals surface area contributed by atoms with Crippen LogP contribution in [0, 0.1) is 12.8 Å². The van der Waals surface area contributed by atoms with E-state index in [1.807, 2.05) is 47.9 Å². The summed E-state index contributed by atoms with van der Waals surface area (Å²) in [6.45, 7) is 7.64. The average molecular weight is 417 g/mol. The molecule has 10 heteroatoms. The molecule has 0 unspecified atom stereocenters. The number of ether oxygens (including phenoxy) is 1. The van der Waals surface area contributed by atoms with Crippen LogP contribution in [0.25, 0.3) is 0 Å². The molecule has 2 aromatic heterocycles. The zero-order chi connectivity index (χ0) is 21.8. The Morgan fingerprint density at radius 3 is 2.70 bits per heavy atom. The van der Waals surface area contributed by atoms with Crippen molar-refractivity contribution in [1.29, 1.82) is 0 Å². The zero-order valence-electron chi connectivity index (χ0n) is 18.7. The highest BCUT2D eigenvalue weighted by molar-refractivity contribution is 5.79. The van der Waals surface area contributed by atoms with Gasteiger partial charge in [0.1, 0.15) is 5.82 Å². The van der Waals surface area contributed by atoms with Crippen LogP contribution in [-0.4, -0.2) is 76.4 Å². The van der Waals surface area contributed by atoms with Crippen LogP contribution in [0.2, 0.25) is 0 Å². The normalized spacial score (nSPS) is 19.0. The summed E-state index contributed by atoms with van der Waals surface area (Å²) in [5.41, 5.74) is 1.04. The van der Waals surface area contributed by atoms with Gasteiger partial charge in [0.05, 0.1) is 18.8 Å². The van der Waals surface area contributed by atoms with Gasteiger partial charge in [0.2, 0.25) is 17.8 Å². The van der Waals surface area contributed by atoms with Crippen molar-refractivity contribution in [2.45, 2.75) is 39.3 Å². The van der Waals surface area contributed by atoms with Gasteiger partial charge in [0, 0.05) is 64.4 Å². The maximum Gasteiger partial charge on any atom is 0.229 e. The summed E-state index contributed by atoms with van der Waals surface area (Å²) in [6.07, 6.45) is 4.37.